The van der Waals surface area contributed by atoms with Gasteiger partial charge in [0.2, 0.25) is 0 Å². The van der Waals surface area contributed by atoms with Crippen LogP contribution in [0.2, 0.25) is 0 Å². The van der Waals surface area contributed by atoms with Crippen LogP contribution in [-0.2, 0) is 0 Å². The molecule has 1 fully saturated rings. The zero-order chi connectivity index (χ0) is 12.6. The molecule has 1 aliphatic carbocycles. The second-order valence-corrected chi connectivity index (χ2v) is 8.63. The van der Waals surface area contributed by atoms with Gasteiger partial charge in [-0.05, 0) is 54.3 Å². The van der Waals surface area contributed by atoms with Crippen LogP contribution >= 0.6 is 0 Å². The quantitative estimate of drug-likeness (QED) is 0.497. The molecule has 0 nitrogen and oxygen atoms in total. The van der Waals surface area contributed by atoms with E-state index in [-0.39, 0.29) is 0 Å². The fourth-order valence-corrected chi connectivity index (χ4v) is 2.98. The summed E-state index contributed by atoms with van der Waals surface area (Å²) >= 11 is 0. The predicted octanol–water partition coefficient (Wildman–Crippen LogP) is 5.67. The third kappa shape index (κ3) is 4.11. The lowest BCUT2D eigenvalue weighted by Gasteiger charge is -2.43. The second-order valence-electron chi connectivity index (χ2n) is 8.63. The third-order valence-corrected chi connectivity index (χ3v) is 4.67. The van der Waals surface area contributed by atoms with Gasteiger partial charge >= 0.3 is 0 Å². The van der Waals surface area contributed by atoms with Gasteiger partial charge in [0, 0.05) is 0 Å². The largest absolute Gasteiger partial charge is 0.0599 e. The standard InChI is InChI=1S/C16H32/c1-14(2,3)13-8-9-15(4,5)10-11-16(6,7)12-13/h13H,8-12H2,1-7H3. The van der Waals surface area contributed by atoms with Crippen molar-refractivity contribution >= 4 is 0 Å². The lowest BCUT2D eigenvalue weighted by Crippen LogP contribution is -2.31. The van der Waals surface area contributed by atoms with Gasteiger partial charge in [0.15, 0.2) is 0 Å². The fraction of sp³-hybridized carbons (Fsp3) is 1.00. The summed E-state index contributed by atoms with van der Waals surface area (Å²) in [5, 5.41) is 0. The number of rotatable bonds is 0. The third-order valence-electron chi connectivity index (χ3n) is 4.67. The first-order chi connectivity index (χ1) is 7.02. The summed E-state index contributed by atoms with van der Waals surface area (Å²) in [6.07, 6.45) is 7.03. The minimum Gasteiger partial charge on any atom is -0.0599 e. The maximum atomic E-state index is 2.47. The molecule has 0 aromatic heterocycles. The van der Waals surface area contributed by atoms with E-state index in [0.717, 1.165) is 5.92 Å². The van der Waals surface area contributed by atoms with Crippen LogP contribution in [-0.4, -0.2) is 0 Å². The molecule has 96 valence electrons. The summed E-state index contributed by atoms with van der Waals surface area (Å²) in [6, 6.07) is 0. The molecule has 1 unspecified atom stereocenters. The molecule has 0 aromatic rings. The van der Waals surface area contributed by atoms with Gasteiger partial charge in [0.25, 0.3) is 0 Å². The summed E-state index contributed by atoms with van der Waals surface area (Å²) < 4.78 is 0. The summed E-state index contributed by atoms with van der Waals surface area (Å²) in [5.74, 6) is 0.891. The molecule has 0 saturated heterocycles. The molecule has 0 heteroatoms. The average Bonchev–Trinajstić information content (AvgIpc) is 2.06. The average molecular weight is 224 g/mol. The molecule has 0 spiro atoms. The molecule has 1 saturated carbocycles. The lowest BCUT2D eigenvalue weighted by atomic mass is 9.63. The van der Waals surface area contributed by atoms with Crippen molar-refractivity contribution in [3.63, 3.8) is 0 Å². The Labute approximate surface area is 103 Å². The highest BCUT2D eigenvalue weighted by Crippen LogP contribution is 2.47. The Morgan fingerprint density at radius 1 is 0.812 bits per heavy atom. The van der Waals surface area contributed by atoms with Crippen LogP contribution in [0.4, 0.5) is 0 Å². The Bertz CT molecular complexity index is 224. The maximum Gasteiger partial charge on any atom is -0.0351 e. The van der Waals surface area contributed by atoms with Gasteiger partial charge < -0.3 is 0 Å². The van der Waals surface area contributed by atoms with E-state index in [1.165, 1.54) is 32.1 Å². The Morgan fingerprint density at radius 2 is 1.31 bits per heavy atom. The van der Waals surface area contributed by atoms with Crippen molar-refractivity contribution in [2.75, 3.05) is 0 Å². The minimum atomic E-state index is 0.477. The van der Waals surface area contributed by atoms with Gasteiger partial charge in [-0.3, -0.25) is 0 Å². The normalized spacial score (nSPS) is 30.6. The summed E-state index contributed by atoms with van der Waals surface area (Å²) in [4.78, 5) is 0. The fourth-order valence-electron chi connectivity index (χ4n) is 2.98. The highest BCUT2D eigenvalue weighted by atomic mass is 14.4. The molecule has 0 bridgehead atoms. The smallest absolute Gasteiger partial charge is 0.0351 e. The molecule has 0 aromatic carbocycles. The van der Waals surface area contributed by atoms with E-state index in [4.69, 9.17) is 0 Å². The van der Waals surface area contributed by atoms with Gasteiger partial charge in [0.1, 0.15) is 0 Å². The van der Waals surface area contributed by atoms with Crippen molar-refractivity contribution in [1.82, 2.24) is 0 Å². The first-order valence-corrected chi connectivity index (χ1v) is 7.02. The topological polar surface area (TPSA) is 0 Å². The SMILES string of the molecule is CC1(C)CCC(C(C)(C)C)CC(C)(C)CC1. The molecule has 1 atom stereocenters. The highest BCUT2D eigenvalue weighted by molar-refractivity contribution is 4.86. The molecule has 0 amide bonds. The summed E-state index contributed by atoms with van der Waals surface area (Å²) in [5.41, 5.74) is 1.57. The maximum absolute atomic E-state index is 2.47. The van der Waals surface area contributed by atoms with Crippen LogP contribution in [0.5, 0.6) is 0 Å². The molecule has 1 aliphatic rings. The van der Waals surface area contributed by atoms with Crippen LogP contribution < -0.4 is 0 Å². The van der Waals surface area contributed by atoms with Crippen molar-refractivity contribution in [2.24, 2.45) is 22.2 Å². The van der Waals surface area contributed by atoms with Crippen molar-refractivity contribution in [3.05, 3.63) is 0 Å². The molecule has 0 radical (unpaired) electrons. The summed E-state index contributed by atoms with van der Waals surface area (Å²) in [7, 11) is 0. The number of hydrogen-bond donors (Lipinski definition) is 0. The van der Waals surface area contributed by atoms with Gasteiger partial charge in [-0.25, -0.2) is 0 Å². The van der Waals surface area contributed by atoms with Crippen LogP contribution in [0, 0.1) is 22.2 Å². The van der Waals surface area contributed by atoms with E-state index in [2.05, 4.69) is 48.5 Å². The molecular formula is C16H32. The Kier molecular flexibility index (Phi) is 3.82. The van der Waals surface area contributed by atoms with Crippen molar-refractivity contribution in [1.29, 1.82) is 0 Å². The van der Waals surface area contributed by atoms with E-state index in [9.17, 15) is 0 Å². The minimum absolute atomic E-state index is 0.477. The summed E-state index contributed by atoms with van der Waals surface area (Å²) in [6.45, 7) is 17.1. The van der Waals surface area contributed by atoms with E-state index >= 15 is 0 Å². The monoisotopic (exact) mass is 224 g/mol. The van der Waals surface area contributed by atoms with Crippen LogP contribution in [0.25, 0.3) is 0 Å². The lowest BCUT2D eigenvalue weighted by molar-refractivity contribution is 0.0842. The van der Waals surface area contributed by atoms with E-state index in [1.807, 2.05) is 0 Å². The van der Waals surface area contributed by atoms with Crippen LogP contribution in [0.3, 0.4) is 0 Å². The van der Waals surface area contributed by atoms with Crippen LogP contribution in [0.15, 0.2) is 0 Å². The van der Waals surface area contributed by atoms with E-state index < -0.39 is 0 Å². The molecule has 0 N–H and O–H groups in total. The molecule has 16 heavy (non-hydrogen) atoms. The molecule has 1 rings (SSSR count). The predicted molar refractivity (Wildman–Crippen MR) is 73.6 cm³/mol. The Morgan fingerprint density at radius 3 is 1.81 bits per heavy atom. The Balaban J connectivity index is 2.81. The first-order valence-electron chi connectivity index (χ1n) is 7.02. The van der Waals surface area contributed by atoms with Gasteiger partial charge in [-0.1, -0.05) is 48.5 Å². The van der Waals surface area contributed by atoms with Crippen molar-refractivity contribution < 1.29 is 0 Å². The first kappa shape index (κ1) is 14.1. The van der Waals surface area contributed by atoms with E-state index in [1.54, 1.807) is 0 Å². The number of hydrogen-bond acceptors (Lipinski definition) is 0. The van der Waals surface area contributed by atoms with Gasteiger partial charge in [-0.2, -0.15) is 0 Å². The van der Waals surface area contributed by atoms with Gasteiger partial charge in [0.05, 0.1) is 0 Å². The zero-order valence-corrected chi connectivity index (χ0v) is 12.6. The highest BCUT2D eigenvalue weighted by Gasteiger charge is 2.35. The van der Waals surface area contributed by atoms with Crippen molar-refractivity contribution in [2.45, 2.75) is 80.6 Å². The zero-order valence-electron chi connectivity index (χ0n) is 12.6. The van der Waals surface area contributed by atoms with Crippen molar-refractivity contribution in [3.8, 4) is 0 Å². The molecule has 0 aliphatic heterocycles. The second kappa shape index (κ2) is 4.35. The molecular weight excluding hydrogens is 192 g/mol. The van der Waals surface area contributed by atoms with E-state index in [0.29, 0.717) is 16.2 Å². The van der Waals surface area contributed by atoms with Crippen LogP contribution in [0.1, 0.15) is 80.6 Å². The Hall–Kier alpha value is 0. The van der Waals surface area contributed by atoms with Gasteiger partial charge in [-0.15, -0.1) is 0 Å². The molecule has 0 heterocycles.